The third kappa shape index (κ3) is 2.22. The predicted octanol–water partition coefficient (Wildman–Crippen LogP) is 2.16. The Morgan fingerprint density at radius 3 is 2.60 bits per heavy atom. The minimum atomic E-state index is 0.313. The van der Waals surface area contributed by atoms with Crippen LogP contribution in [-0.4, -0.2) is 9.97 Å². The molecule has 0 fully saturated rings. The number of rotatable bonds is 2. The highest BCUT2D eigenvalue weighted by atomic mass is 16.5. The molecule has 0 radical (unpaired) electrons. The number of nitrogens with two attached hydrogens (primary N) is 1. The van der Waals surface area contributed by atoms with Crippen LogP contribution in [0.15, 0.2) is 36.5 Å². The normalized spacial score (nSPS) is 9.93. The van der Waals surface area contributed by atoms with E-state index in [4.69, 9.17) is 10.5 Å². The van der Waals surface area contributed by atoms with E-state index < -0.39 is 0 Å². The molecule has 0 saturated carbocycles. The molecule has 0 atom stereocenters. The molecule has 0 aliphatic rings. The van der Waals surface area contributed by atoms with E-state index in [0.29, 0.717) is 17.4 Å². The molecule has 0 aliphatic heterocycles. The van der Waals surface area contributed by atoms with Crippen molar-refractivity contribution in [2.45, 2.75) is 6.92 Å². The van der Waals surface area contributed by atoms with Gasteiger partial charge >= 0.3 is 6.01 Å². The van der Waals surface area contributed by atoms with Gasteiger partial charge in [-0.15, -0.1) is 0 Å². The Labute approximate surface area is 87.7 Å². The van der Waals surface area contributed by atoms with Gasteiger partial charge in [-0.25, -0.2) is 4.98 Å². The maximum Gasteiger partial charge on any atom is 0.322 e. The van der Waals surface area contributed by atoms with Gasteiger partial charge in [0.25, 0.3) is 0 Å². The summed E-state index contributed by atoms with van der Waals surface area (Å²) < 4.78 is 5.44. The van der Waals surface area contributed by atoms with Crippen LogP contribution in [0.3, 0.4) is 0 Å². The highest BCUT2D eigenvalue weighted by Crippen LogP contribution is 2.18. The molecule has 1 aromatic carbocycles. The van der Waals surface area contributed by atoms with Crippen LogP contribution in [0.2, 0.25) is 0 Å². The second-order valence-corrected chi connectivity index (χ2v) is 3.11. The standard InChI is InChI=1S/C11H11N3O/c1-8-10(12)7-13-11(14-8)15-9-5-3-2-4-6-9/h2-7H,12H2,1H3. The Balaban J connectivity index is 2.22. The number of aryl methyl sites for hydroxylation is 1. The van der Waals surface area contributed by atoms with Crippen LogP contribution in [0.25, 0.3) is 0 Å². The van der Waals surface area contributed by atoms with E-state index in [2.05, 4.69) is 9.97 Å². The second-order valence-electron chi connectivity index (χ2n) is 3.11. The monoisotopic (exact) mass is 201 g/mol. The summed E-state index contributed by atoms with van der Waals surface area (Å²) in [7, 11) is 0. The number of hydrogen-bond acceptors (Lipinski definition) is 4. The lowest BCUT2D eigenvalue weighted by Crippen LogP contribution is -1.98. The summed E-state index contributed by atoms with van der Waals surface area (Å²) in [6, 6.07) is 9.69. The van der Waals surface area contributed by atoms with Crippen molar-refractivity contribution in [3.63, 3.8) is 0 Å². The largest absolute Gasteiger partial charge is 0.424 e. The summed E-state index contributed by atoms with van der Waals surface area (Å²) in [6.07, 6.45) is 1.54. The lowest BCUT2D eigenvalue weighted by molar-refractivity contribution is 0.440. The molecule has 0 aliphatic carbocycles. The minimum Gasteiger partial charge on any atom is -0.424 e. The molecule has 4 heteroatoms. The molecule has 1 aromatic heterocycles. The van der Waals surface area contributed by atoms with E-state index in [-0.39, 0.29) is 0 Å². The quantitative estimate of drug-likeness (QED) is 0.808. The molecule has 2 N–H and O–H groups in total. The van der Waals surface area contributed by atoms with Gasteiger partial charge in [-0.1, -0.05) is 18.2 Å². The fourth-order valence-electron chi connectivity index (χ4n) is 1.10. The molecule has 0 unspecified atom stereocenters. The summed E-state index contributed by atoms with van der Waals surface area (Å²) in [5.41, 5.74) is 6.89. The van der Waals surface area contributed by atoms with Crippen LogP contribution >= 0.6 is 0 Å². The van der Waals surface area contributed by atoms with Gasteiger partial charge in [0.15, 0.2) is 0 Å². The van der Waals surface area contributed by atoms with E-state index >= 15 is 0 Å². The van der Waals surface area contributed by atoms with Gasteiger partial charge in [0.1, 0.15) is 5.75 Å². The van der Waals surface area contributed by atoms with E-state index in [1.54, 1.807) is 6.20 Å². The van der Waals surface area contributed by atoms with Gasteiger partial charge in [-0.2, -0.15) is 4.98 Å². The lowest BCUT2D eigenvalue weighted by atomic mass is 10.3. The summed E-state index contributed by atoms with van der Waals surface area (Å²) in [6.45, 7) is 1.81. The molecule has 0 bridgehead atoms. The second kappa shape index (κ2) is 3.96. The van der Waals surface area contributed by atoms with Crippen molar-refractivity contribution in [3.05, 3.63) is 42.2 Å². The zero-order valence-corrected chi connectivity index (χ0v) is 8.34. The maximum absolute atomic E-state index is 5.60. The van der Waals surface area contributed by atoms with Crippen molar-refractivity contribution in [2.75, 3.05) is 5.73 Å². The van der Waals surface area contributed by atoms with E-state index in [0.717, 1.165) is 5.69 Å². The molecule has 0 amide bonds. The highest BCUT2D eigenvalue weighted by Gasteiger charge is 2.01. The number of benzene rings is 1. The van der Waals surface area contributed by atoms with Crippen molar-refractivity contribution in [3.8, 4) is 11.8 Å². The van der Waals surface area contributed by atoms with Gasteiger partial charge in [0.05, 0.1) is 17.6 Å². The average Bonchev–Trinajstić information content (AvgIpc) is 2.25. The first-order chi connectivity index (χ1) is 7.25. The Kier molecular flexibility index (Phi) is 2.49. The molecular formula is C11H11N3O. The number of para-hydroxylation sites is 1. The summed E-state index contributed by atoms with van der Waals surface area (Å²) >= 11 is 0. The first-order valence-electron chi connectivity index (χ1n) is 4.58. The summed E-state index contributed by atoms with van der Waals surface area (Å²) in [4.78, 5) is 8.09. The van der Waals surface area contributed by atoms with Crippen LogP contribution < -0.4 is 10.5 Å². The lowest BCUT2D eigenvalue weighted by Gasteiger charge is -2.04. The SMILES string of the molecule is Cc1nc(Oc2ccccc2)ncc1N. The molecule has 1 heterocycles. The topological polar surface area (TPSA) is 61.0 Å². The third-order valence-corrected chi connectivity index (χ3v) is 1.95. The highest BCUT2D eigenvalue weighted by molar-refractivity contribution is 5.40. The number of nitrogens with zero attached hydrogens (tertiary/aromatic N) is 2. The third-order valence-electron chi connectivity index (χ3n) is 1.95. The number of anilines is 1. The number of ether oxygens (including phenoxy) is 1. The molecule has 2 aromatic rings. The van der Waals surface area contributed by atoms with Crippen molar-refractivity contribution >= 4 is 5.69 Å². The molecule has 0 saturated heterocycles. The first kappa shape index (κ1) is 9.45. The molecule has 15 heavy (non-hydrogen) atoms. The first-order valence-corrected chi connectivity index (χ1v) is 4.58. The fraction of sp³-hybridized carbons (Fsp3) is 0.0909. The van der Waals surface area contributed by atoms with Gasteiger partial charge in [-0.3, -0.25) is 0 Å². The van der Waals surface area contributed by atoms with Gasteiger partial charge in [0.2, 0.25) is 0 Å². The van der Waals surface area contributed by atoms with Crippen LogP contribution in [0.5, 0.6) is 11.8 Å². The zero-order valence-electron chi connectivity index (χ0n) is 8.34. The fourth-order valence-corrected chi connectivity index (χ4v) is 1.10. The smallest absolute Gasteiger partial charge is 0.322 e. The van der Waals surface area contributed by atoms with Crippen molar-refractivity contribution in [1.29, 1.82) is 0 Å². The molecule has 2 rings (SSSR count). The van der Waals surface area contributed by atoms with Crippen LogP contribution in [0, 0.1) is 6.92 Å². The number of aromatic nitrogens is 2. The number of hydrogen-bond donors (Lipinski definition) is 1. The molecule has 76 valence electrons. The van der Waals surface area contributed by atoms with Crippen molar-refractivity contribution in [2.24, 2.45) is 0 Å². The van der Waals surface area contributed by atoms with Gasteiger partial charge in [0, 0.05) is 0 Å². The molecular weight excluding hydrogens is 190 g/mol. The van der Waals surface area contributed by atoms with Crippen molar-refractivity contribution in [1.82, 2.24) is 9.97 Å². The molecule has 0 spiro atoms. The van der Waals surface area contributed by atoms with Crippen LogP contribution in [0.1, 0.15) is 5.69 Å². The number of nitrogen functional groups attached to an aromatic ring is 1. The molecule has 4 nitrogen and oxygen atoms in total. The summed E-state index contributed by atoms with van der Waals surface area (Å²) in [5, 5.41) is 0. The minimum absolute atomic E-state index is 0.313. The predicted molar refractivity (Wildman–Crippen MR) is 57.7 cm³/mol. The van der Waals surface area contributed by atoms with E-state index in [1.807, 2.05) is 37.3 Å². The Morgan fingerprint density at radius 2 is 1.93 bits per heavy atom. The zero-order chi connectivity index (χ0) is 10.7. The Morgan fingerprint density at radius 1 is 1.20 bits per heavy atom. The van der Waals surface area contributed by atoms with Gasteiger partial charge in [-0.05, 0) is 19.1 Å². The van der Waals surface area contributed by atoms with Crippen molar-refractivity contribution < 1.29 is 4.74 Å². The van der Waals surface area contributed by atoms with Crippen LogP contribution in [-0.2, 0) is 0 Å². The average molecular weight is 201 g/mol. The van der Waals surface area contributed by atoms with E-state index in [1.165, 1.54) is 0 Å². The van der Waals surface area contributed by atoms with E-state index in [9.17, 15) is 0 Å². The Bertz CT molecular complexity index is 457. The Hall–Kier alpha value is -2.10. The summed E-state index contributed by atoms with van der Waals surface area (Å²) in [5.74, 6) is 0.710. The van der Waals surface area contributed by atoms with Gasteiger partial charge < -0.3 is 10.5 Å². The maximum atomic E-state index is 5.60. The van der Waals surface area contributed by atoms with Crippen LogP contribution in [0.4, 0.5) is 5.69 Å².